The molecule has 2 rings (SSSR count). The number of hydrogen-bond donors (Lipinski definition) is 1. The van der Waals surface area contributed by atoms with Crippen molar-refractivity contribution in [3.63, 3.8) is 0 Å². The quantitative estimate of drug-likeness (QED) is 0.903. The lowest BCUT2D eigenvalue weighted by molar-refractivity contribution is 0.376. The summed E-state index contributed by atoms with van der Waals surface area (Å²) in [7, 11) is 1.49. The Morgan fingerprint density at radius 1 is 1.50 bits per heavy atom. The zero-order valence-electron chi connectivity index (χ0n) is 9.22. The first-order chi connectivity index (χ1) is 7.72. The number of methoxy groups -OCH3 is 1. The molecule has 1 aromatic rings. The molecule has 1 aliphatic heterocycles. The Bertz CT molecular complexity index is 378. The molecule has 0 spiro atoms. The van der Waals surface area contributed by atoms with Crippen molar-refractivity contribution < 1.29 is 9.13 Å². The lowest BCUT2D eigenvalue weighted by atomic mass is 9.91. The molecule has 2 nitrogen and oxygen atoms in total. The predicted molar refractivity (Wildman–Crippen MR) is 65.5 cm³/mol. The van der Waals surface area contributed by atoms with E-state index in [9.17, 15) is 4.39 Å². The highest BCUT2D eigenvalue weighted by Gasteiger charge is 2.21. The van der Waals surface area contributed by atoms with Gasteiger partial charge in [-0.15, -0.1) is 0 Å². The fourth-order valence-corrected chi connectivity index (χ4v) is 2.60. The van der Waals surface area contributed by atoms with Crippen molar-refractivity contribution in [2.45, 2.75) is 18.8 Å². The molecule has 1 N–H and O–H groups in total. The molecule has 0 aromatic heterocycles. The van der Waals surface area contributed by atoms with Gasteiger partial charge in [-0.3, -0.25) is 0 Å². The molecular weight excluding hydrogens is 273 g/mol. The van der Waals surface area contributed by atoms with Gasteiger partial charge in [-0.2, -0.15) is 0 Å². The molecule has 1 unspecified atom stereocenters. The van der Waals surface area contributed by atoms with Crippen LogP contribution in [0.5, 0.6) is 5.75 Å². The van der Waals surface area contributed by atoms with E-state index in [1.165, 1.54) is 7.11 Å². The maximum Gasteiger partial charge on any atom is 0.168 e. The highest BCUT2D eigenvalue weighted by molar-refractivity contribution is 9.10. The Labute approximate surface area is 103 Å². The van der Waals surface area contributed by atoms with Crippen molar-refractivity contribution in [1.29, 1.82) is 0 Å². The van der Waals surface area contributed by atoms with E-state index in [2.05, 4.69) is 21.2 Å². The van der Waals surface area contributed by atoms with Crippen molar-refractivity contribution in [3.8, 4) is 5.75 Å². The van der Waals surface area contributed by atoms with Gasteiger partial charge >= 0.3 is 0 Å². The van der Waals surface area contributed by atoms with Gasteiger partial charge in [-0.25, -0.2) is 4.39 Å². The number of halogens is 2. The first kappa shape index (κ1) is 11.9. The Morgan fingerprint density at radius 3 is 2.94 bits per heavy atom. The number of ether oxygens (including phenoxy) is 1. The van der Waals surface area contributed by atoms with Gasteiger partial charge in [-0.1, -0.05) is 15.9 Å². The number of piperidine rings is 1. The van der Waals surface area contributed by atoms with Gasteiger partial charge in [0.15, 0.2) is 11.6 Å². The van der Waals surface area contributed by atoms with Crippen LogP contribution in [0.3, 0.4) is 0 Å². The predicted octanol–water partition coefficient (Wildman–Crippen LogP) is 3.06. The molecule has 1 heterocycles. The molecule has 1 aromatic carbocycles. The molecular formula is C12H15BrFNO. The minimum Gasteiger partial charge on any atom is -0.494 e. The van der Waals surface area contributed by atoms with Crippen molar-refractivity contribution in [2.75, 3.05) is 20.2 Å². The van der Waals surface area contributed by atoms with Crippen LogP contribution >= 0.6 is 15.9 Å². The van der Waals surface area contributed by atoms with Crippen LogP contribution in [0.2, 0.25) is 0 Å². The first-order valence-electron chi connectivity index (χ1n) is 5.46. The second-order valence-corrected chi connectivity index (χ2v) is 4.97. The normalized spacial score (nSPS) is 20.8. The molecule has 1 fully saturated rings. The molecule has 1 aliphatic rings. The topological polar surface area (TPSA) is 21.3 Å². The van der Waals surface area contributed by atoms with E-state index in [1.54, 1.807) is 6.07 Å². The maximum absolute atomic E-state index is 14.1. The summed E-state index contributed by atoms with van der Waals surface area (Å²) in [4.78, 5) is 0. The van der Waals surface area contributed by atoms with Crippen LogP contribution in [0.25, 0.3) is 0 Å². The van der Waals surface area contributed by atoms with Gasteiger partial charge in [0.1, 0.15) is 0 Å². The van der Waals surface area contributed by atoms with Gasteiger partial charge < -0.3 is 10.1 Å². The summed E-state index contributed by atoms with van der Waals surface area (Å²) in [6.07, 6.45) is 2.13. The average molecular weight is 288 g/mol. The Kier molecular flexibility index (Phi) is 3.82. The minimum atomic E-state index is -0.223. The van der Waals surface area contributed by atoms with Gasteiger partial charge in [0, 0.05) is 11.0 Å². The van der Waals surface area contributed by atoms with Crippen LogP contribution in [-0.2, 0) is 0 Å². The highest BCUT2D eigenvalue weighted by Crippen LogP contribution is 2.33. The SMILES string of the molecule is COc1cc(Br)cc(C2CCCNC2)c1F. The van der Waals surface area contributed by atoms with E-state index >= 15 is 0 Å². The summed E-state index contributed by atoms with van der Waals surface area (Å²) in [6.45, 7) is 1.87. The van der Waals surface area contributed by atoms with Crippen molar-refractivity contribution in [1.82, 2.24) is 5.32 Å². The molecule has 4 heteroatoms. The van der Waals surface area contributed by atoms with Gasteiger partial charge in [0.05, 0.1) is 7.11 Å². The van der Waals surface area contributed by atoms with E-state index in [0.29, 0.717) is 5.75 Å². The fourth-order valence-electron chi connectivity index (χ4n) is 2.15. The van der Waals surface area contributed by atoms with Crippen LogP contribution in [0.15, 0.2) is 16.6 Å². The number of nitrogens with one attached hydrogen (secondary N) is 1. The number of hydrogen-bond acceptors (Lipinski definition) is 2. The Balaban J connectivity index is 2.34. The highest BCUT2D eigenvalue weighted by atomic mass is 79.9. The van der Waals surface area contributed by atoms with Gasteiger partial charge in [0.25, 0.3) is 0 Å². The monoisotopic (exact) mass is 287 g/mol. The lowest BCUT2D eigenvalue weighted by Crippen LogP contribution is -2.28. The zero-order chi connectivity index (χ0) is 11.5. The van der Waals surface area contributed by atoms with Crippen LogP contribution < -0.4 is 10.1 Å². The molecule has 88 valence electrons. The fraction of sp³-hybridized carbons (Fsp3) is 0.500. The van der Waals surface area contributed by atoms with Gasteiger partial charge in [-0.05, 0) is 43.0 Å². The Morgan fingerprint density at radius 2 is 2.31 bits per heavy atom. The van der Waals surface area contributed by atoms with E-state index in [1.807, 2.05) is 6.07 Å². The maximum atomic E-state index is 14.1. The smallest absolute Gasteiger partial charge is 0.168 e. The summed E-state index contributed by atoms with van der Waals surface area (Å²) in [6, 6.07) is 3.52. The lowest BCUT2D eigenvalue weighted by Gasteiger charge is -2.24. The van der Waals surface area contributed by atoms with Crippen LogP contribution in [0.1, 0.15) is 24.3 Å². The summed E-state index contributed by atoms with van der Waals surface area (Å²) >= 11 is 3.39. The van der Waals surface area contributed by atoms with Crippen LogP contribution in [0, 0.1) is 5.82 Å². The molecule has 0 saturated carbocycles. The molecule has 0 radical (unpaired) electrons. The van der Waals surface area contributed by atoms with Crippen LogP contribution in [0.4, 0.5) is 4.39 Å². The molecule has 1 saturated heterocycles. The molecule has 0 amide bonds. The minimum absolute atomic E-state index is 0.223. The summed E-state index contributed by atoms with van der Waals surface area (Å²) in [5.41, 5.74) is 0.749. The van der Waals surface area contributed by atoms with Crippen LogP contribution in [-0.4, -0.2) is 20.2 Å². The van der Waals surface area contributed by atoms with Crippen molar-refractivity contribution >= 4 is 15.9 Å². The summed E-state index contributed by atoms with van der Waals surface area (Å²) in [5, 5.41) is 3.29. The zero-order valence-corrected chi connectivity index (χ0v) is 10.8. The number of rotatable bonds is 2. The molecule has 1 atom stereocenters. The van der Waals surface area contributed by atoms with Gasteiger partial charge in [0.2, 0.25) is 0 Å². The molecule has 16 heavy (non-hydrogen) atoms. The molecule has 0 aliphatic carbocycles. The molecule has 0 bridgehead atoms. The van der Waals surface area contributed by atoms with Crippen molar-refractivity contribution in [2.24, 2.45) is 0 Å². The van der Waals surface area contributed by atoms with E-state index < -0.39 is 0 Å². The summed E-state index contributed by atoms with van der Waals surface area (Å²) < 4.78 is 20.0. The van der Waals surface area contributed by atoms with E-state index in [0.717, 1.165) is 36.0 Å². The third kappa shape index (κ3) is 2.38. The summed E-state index contributed by atoms with van der Waals surface area (Å²) in [5.74, 6) is 0.342. The second kappa shape index (κ2) is 5.15. The van der Waals surface area contributed by atoms with E-state index in [4.69, 9.17) is 4.74 Å². The Hall–Kier alpha value is -0.610. The standard InChI is InChI=1S/C12H15BrFNO/c1-16-11-6-9(13)5-10(12(11)14)8-3-2-4-15-7-8/h5-6,8,15H,2-4,7H2,1H3. The largest absolute Gasteiger partial charge is 0.494 e. The third-order valence-corrected chi connectivity index (χ3v) is 3.45. The van der Waals surface area contributed by atoms with E-state index in [-0.39, 0.29) is 11.7 Å². The third-order valence-electron chi connectivity index (χ3n) is 2.99. The van der Waals surface area contributed by atoms with Crippen molar-refractivity contribution in [3.05, 3.63) is 28.0 Å². The average Bonchev–Trinajstić information content (AvgIpc) is 2.33. The number of benzene rings is 1. The second-order valence-electron chi connectivity index (χ2n) is 4.05. The first-order valence-corrected chi connectivity index (χ1v) is 6.25.